The fraction of sp³-hybridized carbons (Fsp3) is 0.0204. The number of fused-ring (bicyclic) bond motifs is 20. The molecule has 1 aliphatic carbocycles. The Labute approximate surface area is 646 Å². The van der Waals surface area contributed by atoms with Crippen molar-refractivity contribution < 1.29 is 0 Å². The zero-order chi connectivity index (χ0) is 70.4. The quantitative estimate of drug-likeness (QED) is 0.172. The smallest absolute Gasteiger partial charge is 0.162 e. The fourth-order valence-corrected chi connectivity index (χ4v) is 21.9. The Balaban J connectivity index is 0.000000115. The van der Waals surface area contributed by atoms with Crippen LogP contribution in [0.2, 0.25) is 0 Å². The number of thiophene rings is 4. The maximum atomic E-state index is 5.60. The van der Waals surface area contributed by atoms with Gasteiger partial charge in [0, 0.05) is 104 Å². The van der Waals surface area contributed by atoms with E-state index in [9.17, 15) is 0 Å². The minimum absolute atomic E-state index is 0. The molecule has 5 nitrogen and oxygen atoms in total. The Morgan fingerprint density at radius 1 is 0.269 bits per heavy atom. The number of nitrogens with zero attached hydrogens (tertiary/aromatic N) is 5. The van der Waals surface area contributed by atoms with Gasteiger partial charge in [-0.15, -0.1) is 45.3 Å². The van der Waals surface area contributed by atoms with Crippen molar-refractivity contribution >= 4 is 202 Å². The van der Waals surface area contributed by atoms with Crippen molar-refractivity contribution in [2.45, 2.75) is 13.8 Å². The van der Waals surface area contributed by atoms with E-state index in [0.29, 0.717) is 0 Å². The van der Waals surface area contributed by atoms with E-state index in [1.54, 1.807) is 22.7 Å². The maximum Gasteiger partial charge on any atom is 0.162 e. The molecular weight excluding hydrogens is 1460 g/mol. The topological polar surface area (TPSA) is 54.8 Å². The van der Waals surface area contributed by atoms with Crippen LogP contribution in [0.5, 0.6) is 0 Å². The zero-order valence-electron chi connectivity index (χ0n) is 57.1. The lowest BCUT2D eigenvalue weighted by Crippen LogP contribution is -2.16. The number of anilines is 3. The average Bonchev–Trinajstić information content (AvgIpc) is 0.927. The second-order valence-electron chi connectivity index (χ2n) is 27.4. The third-order valence-electron chi connectivity index (χ3n) is 21.5. The van der Waals surface area contributed by atoms with Crippen LogP contribution < -0.4 is 4.90 Å². The van der Waals surface area contributed by atoms with Gasteiger partial charge < -0.3 is 4.90 Å². The van der Waals surface area contributed by atoms with Crippen LogP contribution in [0.25, 0.3) is 192 Å². The largest absolute Gasteiger partial charge is 0.308 e. The second kappa shape index (κ2) is 25.8. The Hall–Kier alpha value is -12.1. The van der Waals surface area contributed by atoms with E-state index >= 15 is 0 Å². The number of rotatable bonds is 5. The highest BCUT2D eigenvalue weighted by molar-refractivity contribution is 9.10. The molecule has 0 saturated carbocycles. The molecule has 0 radical (unpaired) electrons. The van der Waals surface area contributed by atoms with E-state index in [2.05, 4.69) is 330 Å². The minimum Gasteiger partial charge on any atom is -0.308 e. The summed E-state index contributed by atoms with van der Waals surface area (Å²) in [7, 11) is 0. The third-order valence-corrected chi connectivity index (χ3v) is 27.0. The first-order valence-electron chi connectivity index (χ1n) is 35.9. The number of hydrogen-bond donors (Lipinski definition) is 0. The number of benzene rings is 16. The van der Waals surface area contributed by atoms with Gasteiger partial charge in [0.1, 0.15) is 0 Å². The van der Waals surface area contributed by atoms with Crippen molar-refractivity contribution in [2.75, 3.05) is 4.90 Å². The lowest BCUT2D eigenvalue weighted by atomic mass is 9.81. The van der Waals surface area contributed by atoms with Crippen molar-refractivity contribution in [3.63, 3.8) is 0 Å². The molecule has 0 amide bonds. The van der Waals surface area contributed by atoms with E-state index in [1.807, 2.05) is 40.9 Å². The molecule has 0 atom stereocenters. The van der Waals surface area contributed by atoms with Gasteiger partial charge >= 0.3 is 0 Å². The molecule has 22 aromatic rings. The molecule has 16 aromatic carbocycles. The van der Waals surface area contributed by atoms with Gasteiger partial charge in [-0.05, 0) is 115 Å². The number of para-hydroxylation sites is 1. The first-order valence-corrected chi connectivity index (χ1v) is 40.0. The number of aromatic nitrogens is 4. The summed E-state index contributed by atoms with van der Waals surface area (Å²) >= 11 is 10.9. The highest BCUT2D eigenvalue weighted by Crippen LogP contribution is 2.56. The van der Waals surface area contributed by atoms with Gasteiger partial charge in [-0.1, -0.05) is 302 Å². The van der Waals surface area contributed by atoms with Crippen LogP contribution >= 0.6 is 61.3 Å². The highest BCUT2D eigenvalue weighted by atomic mass is 79.9. The molecule has 0 bridgehead atoms. The molecule has 2 aliphatic rings. The van der Waals surface area contributed by atoms with Gasteiger partial charge in [0.2, 0.25) is 0 Å². The minimum atomic E-state index is 0. The summed E-state index contributed by atoms with van der Waals surface area (Å²) in [6.45, 7) is 0. The normalized spacial score (nSPS) is 12.2. The van der Waals surface area contributed by atoms with Crippen LogP contribution in [0.15, 0.2) is 332 Å². The lowest BCUT2D eigenvalue weighted by molar-refractivity contribution is 1.22. The molecule has 6 aromatic heterocycles. The van der Waals surface area contributed by atoms with Crippen LogP contribution in [-0.4, -0.2) is 19.9 Å². The molecule has 0 fully saturated rings. The van der Waals surface area contributed by atoms with Crippen molar-refractivity contribution in [1.82, 2.24) is 19.9 Å². The molecule has 0 spiro atoms. The molecule has 10 heteroatoms. The van der Waals surface area contributed by atoms with Crippen molar-refractivity contribution in [3.8, 4) is 67.5 Å². The van der Waals surface area contributed by atoms with E-state index in [4.69, 9.17) is 19.9 Å². The third kappa shape index (κ3) is 10.2. The SMILES string of the molecule is Brc1ccccc1-c1nc(-c2cccc3c2sc2ccccc23)c2sc3ccccc3c2n1.C.c1ccc(N2c3c(ccc4ccccc34)-c3cccc4cccc2c34)c(-c2nc(-c3cccc4c3sc3ccccc34)c3sc4ccccc4c3n2)c1.c1ccc2c3c(ccc2c1)-c1cccc2cccc(c12)C3. The van der Waals surface area contributed by atoms with Gasteiger partial charge in [-0.25, -0.2) is 19.9 Å². The van der Waals surface area contributed by atoms with E-state index in [1.165, 1.54) is 143 Å². The van der Waals surface area contributed by atoms with Crippen LogP contribution in [0.1, 0.15) is 18.6 Å². The maximum absolute atomic E-state index is 5.60. The lowest BCUT2D eigenvalue weighted by Gasteiger charge is -2.35. The highest BCUT2D eigenvalue weighted by Gasteiger charge is 2.31. The zero-order valence-corrected chi connectivity index (χ0v) is 62.0. The summed E-state index contributed by atoms with van der Waals surface area (Å²) in [5.41, 5.74) is 19.9. The standard InChI is InChI=1S/C48H27N3S2.C28H15BrN2S2.C21H14.CH4/c1-2-15-30-28(12-1)26-27-33-32-19-9-13-29-14-10-23-39(42(29)32)51(45(30)33)38-22-6-3-17-35(38)48-49-43-36-18-5-8-25-41(36)53-47(43)44(50-48)37-21-11-20-34-31-16-4-7-24-40(31)52-46(34)37;29-21-13-4-1-9-18(21)28-30-24-19-10-3-6-15-23(19)33-27(24)25(31-28)20-12-7-11-17-16-8-2-5-14-22(16)32-26(17)20;1-2-9-17-14(5-1)11-12-18-19-10-4-7-15-6-3-8-16(21(15)19)13-20(17)18;/h1-27H;1-15H;1-12H,13H2;1H4. The summed E-state index contributed by atoms with van der Waals surface area (Å²) in [6, 6.07) is 118. The molecule has 108 heavy (non-hydrogen) atoms. The molecular formula is C98H60BrN5S4. The predicted octanol–water partition coefficient (Wildman–Crippen LogP) is 29.8. The van der Waals surface area contributed by atoms with Gasteiger partial charge in [0.05, 0.1) is 48.9 Å². The number of halogens is 1. The summed E-state index contributed by atoms with van der Waals surface area (Å²) < 4.78 is 10.8. The molecule has 0 saturated heterocycles. The van der Waals surface area contributed by atoms with Gasteiger partial charge in [-0.3, -0.25) is 0 Å². The molecule has 24 rings (SSSR count). The van der Waals surface area contributed by atoms with E-state index < -0.39 is 0 Å². The van der Waals surface area contributed by atoms with E-state index in [-0.39, 0.29) is 7.43 Å². The second-order valence-corrected chi connectivity index (χ2v) is 32.5. The molecule has 0 N–H and O–H groups in total. The Bertz CT molecular complexity index is 7480. The number of hydrogen-bond acceptors (Lipinski definition) is 9. The summed E-state index contributed by atoms with van der Waals surface area (Å²) in [4.78, 5) is 23.8. The average molecular weight is 1520 g/mol. The molecule has 7 heterocycles. The van der Waals surface area contributed by atoms with Gasteiger partial charge in [-0.2, -0.15) is 0 Å². The van der Waals surface area contributed by atoms with Crippen molar-refractivity contribution in [2.24, 2.45) is 0 Å². The first kappa shape index (κ1) is 64.3. The van der Waals surface area contributed by atoms with Crippen LogP contribution in [-0.2, 0) is 6.42 Å². The van der Waals surface area contributed by atoms with Crippen LogP contribution in [0, 0.1) is 0 Å². The van der Waals surface area contributed by atoms with Gasteiger partial charge in [0.25, 0.3) is 0 Å². The van der Waals surface area contributed by atoms with Gasteiger partial charge in [0.15, 0.2) is 11.6 Å². The van der Waals surface area contributed by atoms with Crippen LogP contribution in [0.4, 0.5) is 17.1 Å². The predicted molar refractivity (Wildman–Crippen MR) is 470 cm³/mol. The molecule has 0 unspecified atom stereocenters. The van der Waals surface area contributed by atoms with Crippen LogP contribution in [0.3, 0.4) is 0 Å². The Morgan fingerprint density at radius 2 is 0.667 bits per heavy atom. The summed E-state index contributed by atoms with van der Waals surface area (Å²) in [5.74, 6) is 1.46. The van der Waals surface area contributed by atoms with Crippen molar-refractivity contribution in [3.05, 3.63) is 343 Å². The Kier molecular flexibility index (Phi) is 15.4. The summed E-state index contributed by atoms with van der Waals surface area (Å²) in [6.07, 6.45) is 1.03. The summed E-state index contributed by atoms with van der Waals surface area (Å²) in [5, 5.41) is 17.9. The monoisotopic (exact) mass is 1510 g/mol. The van der Waals surface area contributed by atoms with Crippen molar-refractivity contribution in [1.29, 1.82) is 0 Å². The fourth-order valence-electron chi connectivity index (χ4n) is 16.7. The molecule has 508 valence electrons. The van der Waals surface area contributed by atoms with E-state index in [0.717, 1.165) is 87.8 Å². The Morgan fingerprint density at radius 3 is 1.28 bits per heavy atom. The molecule has 1 aliphatic heterocycles. The first-order chi connectivity index (χ1) is 53.0.